The minimum absolute atomic E-state index is 0.0418. The van der Waals surface area contributed by atoms with E-state index in [1.807, 2.05) is 30.3 Å². The summed E-state index contributed by atoms with van der Waals surface area (Å²) in [4.78, 5) is 18.1. The largest absolute Gasteiger partial charge is 0.324 e. The molecule has 0 radical (unpaired) electrons. The first-order chi connectivity index (χ1) is 9.76. The number of carbonyl (C=O) groups excluding carboxylic acids is 1. The summed E-state index contributed by atoms with van der Waals surface area (Å²) in [7, 11) is 0. The smallest absolute Gasteiger partial charge is 0.229 e. The number of anilines is 1. The van der Waals surface area contributed by atoms with Crippen LogP contribution in [0.2, 0.25) is 0 Å². The highest BCUT2D eigenvalue weighted by Crippen LogP contribution is 2.20. The third kappa shape index (κ3) is 2.41. The molecule has 0 saturated carbocycles. The average molecular weight is 266 g/mol. The van der Waals surface area contributed by atoms with Crippen LogP contribution in [0.25, 0.3) is 10.9 Å². The van der Waals surface area contributed by atoms with Gasteiger partial charge in [-0.1, -0.05) is 18.2 Å². The summed E-state index contributed by atoms with van der Waals surface area (Å²) >= 11 is 0. The maximum atomic E-state index is 12.1. The second-order valence-corrected chi connectivity index (χ2v) is 4.94. The summed E-state index contributed by atoms with van der Waals surface area (Å²) in [5.41, 5.74) is 1.60. The Bertz CT molecular complexity index is 692. The van der Waals surface area contributed by atoms with Crippen molar-refractivity contribution in [2.75, 3.05) is 18.4 Å². The van der Waals surface area contributed by atoms with Crippen LogP contribution in [-0.2, 0) is 4.79 Å². The van der Waals surface area contributed by atoms with E-state index >= 15 is 0 Å². The Labute approximate surface area is 116 Å². The van der Waals surface area contributed by atoms with Crippen LogP contribution in [0.5, 0.6) is 0 Å². The highest BCUT2D eigenvalue weighted by atomic mass is 16.1. The van der Waals surface area contributed by atoms with E-state index in [-0.39, 0.29) is 11.8 Å². The van der Waals surface area contributed by atoms with Crippen LogP contribution in [0.15, 0.2) is 36.5 Å². The van der Waals surface area contributed by atoms with Gasteiger partial charge in [0.2, 0.25) is 5.91 Å². The summed E-state index contributed by atoms with van der Waals surface area (Å²) in [5.74, 6) is -0.166. The van der Waals surface area contributed by atoms with Gasteiger partial charge in [-0.3, -0.25) is 9.78 Å². The molecule has 5 nitrogen and oxygen atoms in total. The molecule has 0 spiro atoms. The molecule has 1 aliphatic heterocycles. The highest BCUT2D eigenvalue weighted by molar-refractivity contribution is 5.94. The summed E-state index contributed by atoms with van der Waals surface area (Å²) in [5, 5.41) is 12.7. The zero-order valence-corrected chi connectivity index (χ0v) is 10.9. The summed E-state index contributed by atoms with van der Waals surface area (Å²) < 4.78 is 0. The van der Waals surface area contributed by atoms with Crippen molar-refractivity contribution in [3.63, 3.8) is 0 Å². The number of aromatic nitrogens is 1. The molecule has 1 atom stereocenters. The fraction of sp³-hybridized carbons (Fsp3) is 0.267. The van der Waals surface area contributed by atoms with Crippen molar-refractivity contribution in [3.05, 3.63) is 36.5 Å². The summed E-state index contributed by atoms with van der Waals surface area (Å²) in [6.45, 7) is 1.16. The van der Waals surface area contributed by atoms with E-state index in [0.29, 0.717) is 18.8 Å². The van der Waals surface area contributed by atoms with Crippen LogP contribution in [0.3, 0.4) is 0 Å². The summed E-state index contributed by atoms with van der Waals surface area (Å²) in [6.07, 6.45) is 4.46. The fourth-order valence-electron chi connectivity index (χ4n) is 2.45. The number of benzene rings is 1. The van der Waals surface area contributed by atoms with Gasteiger partial charge < -0.3 is 10.2 Å². The van der Waals surface area contributed by atoms with Gasteiger partial charge in [-0.2, -0.15) is 5.26 Å². The molecular weight excluding hydrogens is 252 g/mol. The Morgan fingerprint density at radius 1 is 1.45 bits per heavy atom. The molecule has 20 heavy (non-hydrogen) atoms. The maximum absolute atomic E-state index is 12.1. The van der Waals surface area contributed by atoms with Crippen molar-refractivity contribution in [2.24, 2.45) is 5.92 Å². The van der Waals surface area contributed by atoms with E-state index in [0.717, 1.165) is 17.3 Å². The standard InChI is InChI=1S/C15H14N4O/c16-10-19-6-5-12(9-19)15(20)18-13-7-11-3-1-2-4-14(11)17-8-13/h1-4,7-8,12H,5-6,9H2,(H,18,20). The van der Waals surface area contributed by atoms with Gasteiger partial charge >= 0.3 is 0 Å². The fourth-order valence-corrected chi connectivity index (χ4v) is 2.45. The first-order valence-electron chi connectivity index (χ1n) is 6.56. The Hall–Kier alpha value is -2.61. The first kappa shape index (κ1) is 12.4. The number of carbonyl (C=O) groups is 1. The number of hydrogen-bond donors (Lipinski definition) is 1. The molecule has 100 valence electrons. The van der Waals surface area contributed by atoms with E-state index in [1.54, 1.807) is 11.1 Å². The second-order valence-electron chi connectivity index (χ2n) is 4.94. The zero-order valence-electron chi connectivity index (χ0n) is 10.9. The van der Waals surface area contributed by atoms with Crippen LogP contribution in [0.4, 0.5) is 5.69 Å². The van der Waals surface area contributed by atoms with Crippen molar-refractivity contribution >= 4 is 22.5 Å². The molecule has 1 unspecified atom stereocenters. The van der Waals surface area contributed by atoms with Crippen molar-refractivity contribution in [1.82, 2.24) is 9.88 Å². The van der Waals surface area contributed by atoms with Crippen LogP contribution in [0.1, 0.15) is 6.42 Å². The lowest BCUT2D eigenvalue weighted by atomic mass is 10.1. The number of nitriles is 1. The van der Waals surface area contributed by atoms with E-state index < -0.39 is 0 Å². The van der Waals surface area contributed by atoms with Crippen LogP contribution >= 0.6 is 0 Å². The predicted molar refractivity (Wildman–Crippen MR) is 75.7 cm³/mol. The first-order valence-corrected chi connectivity index (χ1v) is 6.56. The number of nitrogens with one attached hydrogen (secondary N) is 1. The van der Waals surface area contributed by atoms with Gasteiger partial charge in [-0.15, -0.1) is 0 Å². The van der Waals surface area contributed by atoms with Gasteiger partial charge in [-0.05, 0) is 18.6 Å². The molecular formula is C15H14N4O. The minimum atomic E-state index is -0.124. The maximum Gasteiger partial charge on any atom is 0.229 e. The van der Waals surface area contributed by atoms with E-state index in [4.69, 9.17) is 5.26 Å². The Morgan fingerprint density at radius 3 is 3.10 bits per heavy atom. The lowest BCUT2D eigenvalue weighted by Crippen LogP contribution is -2.25. The Balaban J connectivity index is 1.73. The van der Waals surface area contributed by atoms with Crippen molar-refractivity contribution < 1.29 is 4.79 Å². The number of pyridine rings is 1. The highest BCUT2D eigenvalue weighted by Gasteiger charge is 2.27. The van der Waals surface area contributed by atoms with Crippen LogP contribution in [-0.4, -0.2) is 28.9 Å². The molecule has 1 amide bonds. The molecule has 1 aliphatic rings. The lowest BCUT2D eigenvalue weighted by molar-refractivity contribution is -0.119. The molecule has 0 aliphatic carbocycles. The third-order valence-electron chi connectivity index (χ3n) is 3.56. The number of rotatable bonds is 2. The molecule has 2 heterocycles. The van der Waals surface area contributed by atoms with E-state index in [9.17, 15) is 4.79 Å². The van der Waals surface area contributed by atoms with Gasteiger partial charge in [0.05, 0.1) is 23.3 Å². The van der Waals surface area contributed by atoms with Crippen LogP contribution < -0.4 is 5.32 Å². The summed E-state index contributed by atoms with van der Waals surface area (Å²) in [6, 6.07) is 9.69. The molecule has 2 aromatic rings. The lowest BCUT2D eigenvalue weighted by Gasteiger charge is -2.11. The normalized spacial score (nSPS) is 17.9. The number of para-hydroxylation sites is 1. The third-order valence-corrected chi connectivity index (χ3v) is 3.56. The topological polar surface area (TPSA) is 69.0 Å². The molecule has 1 saturated heterocycles. The van der Waals surface area contributed by atoms with E-state index in [1.165, 1.54) is 0 Å². The quantitative estimate of drug-likeness (QED) is 0.844. The number of amides is 1. The molecule has 1 fully saturated rings. The van der Waals surface area contributed by atoms with Gasteiger partial charge in [0.25, 0.3) is 0 Å². The van der Waals surface area contributed by atoms with Gasteiger partial charge in [0.15, 0.2) is 6.19 Å². The van der Waals surface area contributed by atoms with Gasteiger partial charge in [0, 0.05) is 18.5 Å². The Morgan fingerprint density at radius 2 is 2.30 bits per heavy atom. The molecule has 5 heteroatoms. The van der Waals surface area contributed by atoms with Crippen LogP contribution in [0, 0.1) is 17.4 Å². The molecule has 3 rings (SSSR count). The second kappa shape index (κ2) is 5.17. The molecule has 1 N–H and O–H groups in total. The number of hydrogen-bond acceptors (Lipinski definition) is 4. The number of nitrogens with zero attached hydrogens (tertiary/aromatic N) is 3. The number of fused-ring (bicyclic) bond motifs is 1. The number of likely N-dealkylation sites (tertiary alicyclic amines) is 1. The molecule has 1 aromatic heterocycles. The Kier molecular flexibility index (Phi) is 3.21. The van der Waals surface area contributed by atoms with Crippen molar-refractivity contribution in [2.45, 2.75) is 6.42 Å². The molecule has 1 aromatic carbocycles. The van der Waals surface area contributed by atoms with Crippen molar-refractivity contribution in [1.29, 1.82) is 5.26 Å². The monoisotopic (exact) mass is 266 g/mol. The minimum Gasteiger partial charge on any atom is -0.324 e. The van der Waals surface area contributed by atoms with E-state index in [2.05, 4.69) is 16.5 Å². The zero-order chi connectivity index (χ0) is 13.9. The van der Waals surface area contributed by atoms with Gasteiger partial charge in [-0.25, -0.2) is 0 Å². The SMILES string of the molecule is N#CN1CCC(C(=O)Nc2cnc3ccccc3c2)C1. The van der Waals surface area contributed by atoms with Gasteiger partial charge in [0.1, 0.15) is 0 Å². The predicted octanol–water partition coefficient (Wildman–Crippen LogP) is 1.98. The van der Waals surface area contributed by atoms with Crippen molar-refractivity contribution in [3.8, 4) is 6.19 Å². The average Bonchev–Trinajstić information content (AvgIpc) is 2.96. The molecule has 0 bridgehead atoms.